The average Bonchev–Trinajstić information content (AvgIpc) is 2.85. The molecule has 0 saturated heterocycles. The van der Waals surface area contributed by atoms with E-state index in [1.807, 2.05) is 35.0 Å². The van der Waals surface area contributed by atoms with Crippen LogP contribution < -0.4 is 5.73 Å². The van der Waals surface area contributed by atoms with Gasteiger partial charge in [-0.15, -0.1) is 0 Å². The Kier molecular flexibility index (Phi) is 3.43. The van der Waals surface area contributed by atoms with Gasteiger partial charge in [0.05, 0.1) is 6.54 Å². The van der Waals surface area contributed by atoms with Crippen LogP contribution in [0, 0.1) is 11.6 Å². The highest BCUT2D eigenvalue weighted by Crippen LogP contribution is 2.22. The zero-order chi connectivity index (χ0) is 15.0. The fraction of sp³-hybridized carbons (Fsp3) is 0.0625. The van der Waals surface area contributed by atoms with E-state index in [0.717, 1.165) is 22.5 Å². The van der Waals surface area contributed by atoms with Gasteiger partial charge in [-0.1, -0.05) is 30.4 Å². The van der Waals surface area contributed by atoms with E-state index in [1.165, 1.54) is 12.1 Å². The molecule has 0 unspecified atom stereocenters. The van der Waals surface area contributed by atoms with Gasteiger partial charge in [0.25, 0.3) is 0 Å². The van der Waals surface area contributed by atoms with Crippen LogP contribution in [0.5, 0.6) is 0 Å². The molecule has 5 heteroatoms. The molecule has 0 aliphatic heterocycles. The van der Waals surface area contributed by atoms with Gasteiger partial charge >= 0.3 is 0 Å². The summed E-state index contributed by atoms with van der Waals surface area (Å²) in [5.74, 6) is -1.13. The molecule has 0 radical (unpaired) electrons. The van der Waals surface area contributed by atoms with Crippen molar-refractivity contribution in [2.75, 3.05) is 0 Å². The van der Waals surface area contributed by atoms with Gasteiger partial charge in [-0.05, 0) is 18.2 Å². The van der Waals surface area contributed by atoms with Crippen LogP contribution in [-0.2, 0) is 6.54 Å². The molecule has 1 heterocycles. The summed E-state index contributed by atoms with van der Waals surface area (Å²) in [6.45, 7) is 0.316. The molecule has 0 saturated carbocycles. The molecule has 0 aliphatic rings. The van der Waals surface area contributed by atoms with Gasteiger partial charge in [0.15, 0.2) is 0 Å². The third-order valence-corrected chi connectivity index (χ3v) is 3.65. The number of thiocarbonyl (C=S) groups is 1. The lowest BCUT2D eigenvalue weighted by Gasteiger charge is -2.08. The van der Waals surface area contributed by atoms with Crippen LogP contribution in [0.3, 0.4) is 0 Å². The van der Waals surface area contributed by atoms with E-state index >= 15 is 0 Å². The van der Waals surface area contributed by atoms with Crippen LogP contribution in [0.4, 0.5) is 8.78 Å². The number of hydrogen-bond acceptors (Lipinski definition) is 1. The van der Waals surface area contributed by atoms with Crippen LogP contribution in [0.25, 0.3) is 10.9 Å². The Labute approximate surface area is 125 Å². The highest BCUT2D eigenvalue weighted by atomic mass is 32.1. The predicted molar refractivity (Wildman–Crippen MR) is 83.3 cm³/mol. The SMILES string of the molecule is NC(=S)c1cccc2c1ccn2Cc1ccc(F)cc1F. The molecular weight excluding hydrogens is 290 g/mol. The largest absolute Gasteiger partial charge is 0.389 e. The first-order valence-corrected chi connectivity index (χ1v) is 6.78. The van der Waals surface area contributed by atoms with Crippen LogP contribution in [0.15, 0.2) is 48.7 Å². The smallest absolute Gasteiger partial charge is 0.131 e. The zero-order valence-electron chi connectivity index (χ0n) is 11.0. The monoisotopic (exact) mass is 302 g/mol. The molecule has 0 spiro atoms. The first-order chi connectivity index (χ1) is 10.1. The van der Waals surface area contributed by atoms with Crippen LogP contribution >= 0.6 is 12.2 Å². The maximum atomic E-state index is 13.8. The Morgan fingerprint density at radius 2 is 1.95 bits per heavy atom. The number of hydrogen-bond donors (Lipinski definition) is 1. The van der Waals surface area contributed by atoms with E-state index in [-0.39, 0.29) is 0 Å². The molecule has 2 aromatic carbocycles. The van der Waals surface area contributed by atoms with Gasteiger partial charge in [0, 0.05) is 34.3 Å². The van der Waals surface area contributed by atoms with Crippen LogP contribution in [-0.4, -0.2) is 9.56 Å². The third-order valence-electron chi connectivity index (χ3n) is 3.43. The van der Waals surface area contributed by atoms with E-state index in [4.69, 9.17) is 18.0 Å². The minimum atomic E-state index is -0.579. The van der Waals surface area contributed by atoms with Crippen molar-refractivity contribution in [2.45, 2.75) is 6.54 Å². The molecule has 21 heavy (non-hydrogen) atoms. The Balaban J connectivity index is 2.06. The normalized spacial score (nSPS) is 11.0. The lowest BCUT2D eigenvalue weighted by molar-refractivity contribution is 0.567. The van der Waals surface area contributed by atoms with Crippen molar-refractivity contribution >= 4 is 28.1 Å². The van der Waals surface area contributed by atoms with Gasteiger partial charge in [-0.25, -0.2) is 8.78 Å². The van der Waals surface area contributed by atoms with E-state index in [0.29, 0.717) is 17.1 Å². The van der Waals surface area contributed by atoms with Gasteiger partial charge in [-0.3, -0.25) is 0 Å². The minimum absolute atomic E-state index is 0.316. The van der Waals surface area contributed by atoms with Crippen molar-refractivity contribution in [1.29, 1.82) is 0 Å². The molecule has 3 rings (SSSR count). The van der Waals surface area contributed by atoms with E-state index in [9.17, 15) is 8.78 Å². The number of halogens is 2. The van der Waals surface area contributed by atoms with Gasteiger partial charge < -0.3 is 10.3 Å². The van der Waals surface area contributed by atoms with E-state index in [1.54, 1.807) is 0 Å². The van der Waals surface area contributed by atoms with Crippen molar-refractivity contribution < 1.29 is 8.78 Å². The maximum Gasteiger partial charge on any atom is 0.131 e. The number of fused-ring (bicyclic) bond motifs is 1. The second-order valence-corrected chi connectivity index (χ2v) is 5.22. The van der Waals surface area contributed by atoms with Crippen molar-refractivity contribution in [1.82, 2.24) is 4.57 Å². The molecule has 3 aromatic rings. The summed E-state index contributed by atoms with van der Waals surface area (Å²) in [6.07, 6.45) is 1.84. The Bertz CT molecular complexity index is 839. The second-order valence-electron chi connectivity index (χ2n) is 4.78. The van der Waals surface area contributed by atoms with Crippen molar-refractivity contribution in [3.63, 3.8) is 0 Å². The van der Waals surface area contributed by atoms with Crippen molar-refractivity contribution in [2.24, 2.45) is 5.73 Å². The first-order valence-electron chi connectivity index (χ1n) is 6.38. The summed E-state index contributed by atoms with van der Waals surface area (Å²) in [7, 11) is 0. The fourth-order valence-corrected chi connectivity index (χ4v) is 2.59. The Morgan fingerprint density at radius 1 is 1.14 bits per heavy atom. The van der Waals surface area contributed by atoms with Gasteiger partial charge in [0.1, 0.15) is 16.6 Å². The van der Waals surface area contributed by atoms with Gasteiger partial charge in [0.2, 0.25) is 0 Å². The molecular formula is C16H12F2N2S. The third kappa shape index (κ3) is 2.52. The highest BCUT2D eigenvalue weighted by Gasteiger charge is 2.10. The van der Waals surface area contributed by atoms with E-state index < -0.39 is 11.6 Å². The molecule has 2 N–H and O–H groups in total. The molecule has 0 bridgehead atoms. The topological polar surface area (TPSA) is 30.9 Å². The summed E-state index contributed by atoms with van der Waals surface area (Å²) in [4.78, 5) is 0.325. The standard InChI is InChI=1S/C16H12F2N2S/c17-11-5-4-10(14(18)8-11)9-20-7-6-12-13(16(19)21)2-1-3-15(12)20/h1-8H,9H2,(H2,19,21). The molecule has 0 atom stereocenters. The summed E-state index contributed by atoms with van der Waals surface area (Å²) in [5, 5.41) is 0.924. The maximum absolute atomic E-state index is 13.8. The second kappa shape index (κ2) is 5.26. The average molecular weight is 302 g/mol. The summed E-state index contributed by atoms with van der Waals surface area (Å²) in [5.41, 5.74) is 7.83. The minimum Gasteiger partial charge on any atom is -0.389 e. The first kappa shape index (κ1) is 13.7. The lowest BCUT2D eigenvalue weighted by Crippen LogP contribution is -2.09. The van der Waals surface area contributed by atoms with Crippen LogP contribution in [0.1, 0.15) is 11.1 Å². The number of benzene rings is 2. The van der Waals surface area contributed by atoms with E-state index in [2.05, 4.69) is 0 Å². The molecule has 1 aromatic heterocycles. The summed E-state index contributed by atoms with van der Waals surface area (Å²) < 4.78 is 28.6. The summed E-state index contributed by atoms with van der Waals surface area (Å²) in [6, 6.07) is 11.1. The zero-order valence-corrected chi connectivity index (χ0v) is 11.8. The molecule has 0 aliphatic carbocycles. The Hall–Kier alpha value is -2.27. The van der Waals surface area contributed by atoms with Crippen molar-refractivity contribution in [3.8, 4) is 0 Å². The van der Waals surface area contributed by atoms with Gasteiger partial charge in [-0.2, -0.15) is 0 Å². The predicted octanol–water partition coefficient (Wildman–Crippen LogP) is 3.60. The van der Waals surface area contributed by atoms with Crippen LogP contribution in [0.2, 0.25) is 0 Å². The number of nitrogens with zero attached hydrogens (tertiary/aromatic N) is 1. The fourth-order valence-electron chi connectivity index (χ4n) is 2.41. The number of rotatable bonds is 3. The number of nitrogens with two attached hydrogens (primary N) is 1. The summed E-state index contributed by atoms with van der Waals surface area (Å²) >= 11 is 5.03. The Morgan fingerprint density at radius 3 is 2.67 bits per heavy atom. The molecule has 0 amide bonds. The number of aromatic nitrogens is 1. The molecule has 106 valence electrons. The van der Waals surface area contributed by atoms with Crippen molar-refractivity contribution in [3.05, 3.63) is 71.4 Å². The molecule has 2 nitrogen and oxygen atoms in total. The lowest BCUT2D eigenvalue weighted by atomic mass is 10.1. The molecule has 0 fully saturated rings. The highest BCUT2D eigenvalue weighted by molar-refractivity contribution is 7.80. The quantitative estimate of drug-likeness (QED) is 0.749.